The third-order valence-corrected chi connectivity index (χ3v) is 5.55. The number of carbonyl (C=O) groups excluding carboxylic acids is 2. The van der Waals surface area contributed by atoms with Crippen LogP contribution in [0, 0.1) is 6.92 Å². The van der Waals surface area contributed by atoms with E-state index in [1.807, 2.05) is 31.2 Å². The number of aryl methyl sites for hydroxylation is 1. The second kappa shape index (κ2) is 7.85. The zero-order chi connectivity index (χ0) is 22.2. The van der Waals surface area contributed by atoms with Gasteiger partial charge in [0.1, 0.15) is 24.8 Å². The highest BCUT2D eigenvalue weighted by molar-refractivity contribution is 6.51. The average molecular weight is 428 g/mol. The van der Waals surface area contributed by atoms with Gasteiger partial charge in [0, 0.05) is 11.8 Å². The molecule has 1 aromatic heterocycles. The van der Waals surface area contributed by atoms with Crippen LogP contribution in [0.2, 0.25) is 0 Å². The molecule has 1 fully saturated rings. The summed E-state index contributed by atoms with van der Waals surface area (Å²) in [7, 11) is 0. The molecule has 2 aliphatic rings. The lowest BCUT2D eigenvalue weighted by Gasteiger charge is -2.24. The summed E-state index contributed by atoms with van der Waals surface area (Å²) in [6.07, 6.45) is 1.56. The summed E-state index contributed by atoms with van der Waals surface area (Å²) in [6.45, 7) is 2.79. The van der Waals surface area contributed by atoms with Crippen LogP contribution in [0.3, 0.4) is 0 Å². The molecule has 32 heavy (non-hydrogen) atoms. The van der Waals surface area contributed by atoms with Crippen LogP contribution in [0.15, 0.2) is 72.4 Å². The Labute approximate surface area is 184 Å². The first-order valence-corrected chi connectivity index (χ1v) is 10.2. The molecule has 2 aliphatic heterocycles. The number of Topliss-reactive ketones (excluding diaryl/α,β-unsaturated/α-hetero) is 1. The lowest BCUT2D eigenvalue weighted by atomic mass is 9.94. The Hall–Kier alpha value is -4.13. The predicted octanol–water partition coefficient (Wildman–Crippen LogP) is 3.79. The number of ketones is 1. The topological polar surface area (TPSA) is 89.0 Å². The van der Waals surface area contributed by atoms with Crippen molar-refractivity contribution in [3.05, 3.63) is 89.1 Å². The standard InChI is InChI=1S/C25H20N2O5/c1-15-5-7-16(8-6-15)22-21(24(29)25(30)27(22)20-4-2-3-11-26-20)23(28)17-9-10-18-19(14-17)32-13-12-31-18/h2-11,14,22,28H,12-13H2,1H3/b23-21+. The number of hydrogen-bond donors (Lipinski definition) is 1. The van der Waals surface area contributed by atoms with E-state index in [1.54, 1.807) is 42.6 Å². The Balaban J connectivity index is 1.69. The fraction of sp³-hybridized carbons (Fsp3) is 0.160. The molecule has 0 radical (unpaired) electrons. The molecule has 0 spiro atoms. The smallest absolute Gasteiger partial charge is 0.301 e. The summed E-state index contributed by atoms with van der Waals surface area (Å²) in [4.78, 5) is 31.8. The van der Waals surface area contributed by atoms with Gasteiger partial charge in [-0.05, 0) is 42.8 Å². The maximum Gasteiger partial charge on any atom is 0.301 e. The van der Waals surface area contributed by atoms with Crippen molar-refractivity contribution in [1.29, 1.82) is 0 Å². The molecular formula is C25H20N2O5. The van der Waals surface area contributed by atoms with Gasteiger partial charge in [-0.3, -0.25) is 14.5 Å². The number of aromatic nitrogens is 1. The highest BCUT2D eigenvalue weighted by Gasteiger charge is 2.47. The largest absolute Gasteiger partial charge is 0.507 e. The van der Waals surface area contributed by atoms with Gasteiger partial charge in [0.15, 0.2) is 11.5 Å². The van der Waals surface area contributed by atoms with Gasteiger partial charge in [0.05, 0.1) is 11.6 Å². The molecule has 5 rings (SSSR count). The summed E-state index contributed by atoms with van der Waals surface area (Å²) in [5.41, 5.74) is 2.10. The molecule has 7 heteroatoms. The highest BCUT2D eigenvalue weighted by Crippen LogP contribution is 2.42. The number of carbonyl (C=O) groups is 2. The number of amides is 1. The molecule has 7 nitrogen and oxygen atoms in total. The number of aliphatic hydroxyl groups is 1. The van der Waals surface area contributed by atoms with E-state index in [2.05, 4.69) is 4.98 Å². The zero-order valence-corrected chi connectivity index (χ0v) is 17.3. The van der Waals surface area contributed by atoms with Crippen LogP contribution in [0.4, 0.5) is 5.82 Å². The van der Waals surface area contributed by atoms with E-state index in [-0.39, 0.29) is 11.3 Å². The number of anilines is 1. The van der Waals surface area contributed by atoms with Crippen molar-refractivity contribution >= 4 is 23.3 Å². The monoisotopic (exact) mass is 428 g/mol. The second-order valence-electron chi connectivity index (χ2n) is 7.63. The summed E-state index contributed by atoms with van der Waals surface area (Å²) < 4.78 is 11.1. The lowest BCUT2D eigenvalue weighted by Crippen LogP contribution is -2.30. The molecule has 3 aromatic rings. The van der Waals surface area contributed by atoms with Crippen molar-refractivity contribution in [2.24, 2.45) is 0 Å². The van der Waals surface area contributed by atoms with Crippen LogP contribution in [0.5, 0.6) is 11.5 Å². The fourth-order valence-corrected chi connectivity index (χ4v) is 3.98. The lowest BCUT2D eigenvalue weighted by molar-refractivity contribution is -0.132. The summed E-state index contributed by atoms with van der Waals surface area (Å²) in [5.74, 6) is -0.407. The van der Waals surface area contributed by atoms with Crippen LogP contribution >= 0.6 is 0 Å². The Morgan fingerprint density at radius 3 is 2.47 bits per heavy atom. The molecule has 1 amide bonds. The van der Waals surface area contributed by atoms with E-state index in [0.717, 1.165) is 5.56 Å². The molecule has 1 atom stereocenters. The van der Waals surface area contributed by atoms with E-state index >= 15 is 0 Å². The minimum absolute atomic E-state index is 0.00110. The molecular weight excluding hydrogens is 408 g/mol. The SMILES string of the molecule is Cc1ccc(C2/C(=C(\O)c3ccc4c(c3)OCCO4)C(=O)C(=O)N2c2ccccn2)cc1. The normalized spacial score (nSPS) is 19.3. The zero-order valence-electron chi connectivity index (χ0n) is 17.3. The van der Waals surface area contributed by atoms with Gasteiger partial charge in [-0.25, -0.2) is 4.98 Å². The van der Waals surface area contributed by atoms with E-state index < -0.39 is 17.7 Å². The fourth-order valence-electron chi connectivity index (χ4n) is 3.98. The Kier molecular flexibility index (Phi) is 4.86. The van der Waals surface area contributed by atoms with Gasteiger partial charge in [-0.1, -0.05) is 35.9 Å². The number of pyridine rings is 1. The number of aliphatic hydroxyl groups excluding tert-OH is 1. The molecule has 3 heterocycles. The van der Waals surface area contributed by atoms with E-state index in [0.29, 0.717) is 41.7 Å². The molecule has 0 aliphatic carbocycles. The molecule has 2 aromatic carbocycles. The minimum Gasteiger partial charge on any atom is -0.507 e. The maximum absolute atomic E-state index is 13.2. The van der Waals surface area contributed by atoms with Crippen molar-refractivity contribution in [3.8, 4) is 11.5 Å². The number of nitrogens with zero attached hydrogens (tertiary/aromatic N) is 2. The van der Waals surface area contributed by atoms with Gasteiger partial charge in [-0.15, -0.1) is 0 Å². The minimum atomic E-state index is -0.821. The number of benzene rings is 2. The van der Waals surface area contributed by atoms with Crippen molar-refractivity contribution in [2.45, 2.75) is 13.0 Å². The maximum atomic E-state index is 13.2. The molecule has 0 saturated carbocycles. The number of ether oxygens (including phenoxy) is 2. The van der Waals surface area contributed by atoms with Gasteiger partial charge in [-0.2, -0.15) is 0 Å². The molecule has 1 saturated heterocycles. The predicted molar refractivity (Wildman–Crippen MR) is 118 cm³/mol. The average Bonchev–Trinajstić information content (AvgIpc) is 3.09. The highest BCUT2D eigenvalue weighted by atomic mass is 16.6. The summed E-state index contributed by atoms with van der Waals surface area (Å²) >= 11 is 0. The summed E-state index contributed by atoms with van der Waals surface area (Å²) in [5, 5.41) is 11.2. The van der Waals surface area contributed by atoms with Gasteiger partial charge < -0.3 is 14.6 Å². The van der Waals surface area contributed by atoms with Gasteiger partial charge >= 0.3 is 5.91 Å². The quantitative estimate of drug-likeness (QED) is 0.388. The van der Waals surface area contributed by atoms with Crippen LogP contribution in [0.1, 0.15) is 22.7 Å². The van der Waals surface area contributed by atoms with Crippen LogP contribution in [-0.4, -0.2) is 35.0 Å². The first-order chi connectivity index (χ1) is 15.5. The molecule has 1 N–H and O–H groups in total. The van der Waals surface area contributed by atoms with Crippen molar-refractivity contribution < 1.29 is 24.2 Å². The molecule has 1 unspecified atom stereocenters. The van der Waals surface area contributed by atoms with Crippen LogP contribution in [0.25, 0.3) is 5.76 Å². The van der Waals surface area contributed by atoms with E-state index in [1.165, 1.54) is 4.90 Å². The van der Waals surface area contributed by atoms with Crippen molar-refractivity contribution in [3.63, 3.8) is 0 Å². The van der Waals surface area contributed by atoms with Crippen molar-refractivity contribution in [2.75, 3.05) is 18.1 Å². The number of fused-ring (bicyclic) bond motifs is 1. The van der Waals surface area contributed by atoms with Gasteiger partial charge in [0.25, 0.3) is 5.78 Å². The number of hydrogen-bond acceptors (Lipinski definition) is 6. The van der Waals surface area contributed by atoms with Gasteiger partial charge in [0.2, 0.25) is 0 Å². The van der Waals surface area contributed by atoms with Crippen molar-refractivity contribution in [1.82, 2.24) is 4.98 Å². The third-order valence-electron chi connectivity index (χ3n) is 5.55. The Morgan fingerprint density at radius 1 is 1.00 bits per heavy atom. The first kappa shape index (κ1) is 19.8. The van der Waals surface area contributed by atoms with Crippen LogP contribution < -0.4 is 14.4 Å². The van der Waals surface area contributed by atoms with E-state index in [4.69, 9.17) is 9.47 Å². The Morgan fingerprint density at radius 2 is 1.75 bits per heavy atom. The summed E-state index contributed by atoms with van der Waals surface area (Å²) in [6, 6.07) is 16.8. The number of rotatable bonds is 3. The second-order valence-corrected chi connectivity index (χ2v) is 7.63. The van der Waals surface area contributed by atoms with E-state index in [9.17, 15) is 14.7 Å². The molecule has 160 valence electrons. The Bertz CT molecular complexity index is 1230. The third kappa shape index (κ3) is 3.28. The first-order valence-electron chi connectivity index (χ1n) is 10.2. The van der Waals surface area contributed by atoms with Crippen LogP contribution in [-0.2, 0) is 9.59 Å². The molecule has 0 bridgehead atoms.